The van der Waals surface area contributed by atoms with Crippen LogP contribution in [-0.4, -0.2) is 18.2 Å². The monoisotopic (exact) mass is 563 g/mol. The molecule has 0 amide bonds. The lowest BCUT2D eigenvalue weighted by molar-refractivity contribution is 0.477. The van der Waals surface area contributed by atoms with Gasteiger partial charge in [0.15, 0.2) is 0 Å². The van der Waals surface area contributed by atoms with Crippen LogP contribution in [0.1, 0.15) is 0 Å². The first kappa shape index (κ1) is 26.5. The molecule has 8 heteroatoms. The number of para-hydroxylation sites is 4. The van der Waals surface area contributed by atoms with Crippen molar-refractivity contribution in [1.82, 2.24) is 0 Å². The van der Waals surface area contributed by atoms with Crippen LogP contribution in [-0.2, 0) is 0 Å². The number of nitrogens with one attached hydrogen (secondary N) is 2. The average molecular weight is 567 g/mol. The van der Waals surface area contributed by atoms with Gasteiger partial charge in [-0.05, 0) is 24.3 Å². The van der Waals surface area contributed by atoms with Crippen molar-refractivity contribution in [2.45, 2.75) is 0 Å². The highest BCUT2D eigenvalue weighted by Gasteiger charge is 1.98. The molecule has 0 aromatic heterocycles. The van der Waals surface area contributed by atoms with Gasteiger partial charge in [0.25, 0.3) is 0 Å². The molecule has 0 spiro atoms. The molecule has 0 unspecified atom stereocenters. The molecule has 0 heterocycles. The van der Waals surface area contributed by atoms with Gasteiger partial charge in [0.05, 0.1) is 17.1 Å². The second-order valence-corrected chi connectivity index (χ2v) is 3.96. The molecule has 5 N–H and O–H groups in total. The Bertz CT molecular complexity index is 481. The second kappa shape index (κ2) is 14.2. The smallest absolute Gasteiger partial charge is 0.138 e. The fourth-order valence-electron chi connectivity index (χ4n) is 1.68. The summed E-state index contributed by atoms with van der Waals surface area (Å²) in [6.07, 6.45) is 0. The lowest BCUT2D eigenvalue weighted by atomic mass is 10.2. The Morgan fingerprint density at radius 2 is 1.18 bits per heavy atom. The molecular weight excluding hydrogens is 546 g/mol. The van der Waals surface area contributed by atoms with E-state index in [0.29, 0.717) is 6.54 Å². The number of rotatable bonds is 5. The molecule has 22 heavy (non-hydrogen) atoms. The molecule has 0 aliphatic carbocycles. The second-order valence-electron chi connectivity index (χ2n) is 3.96. The number of phenolic OH excluding ortho intramolecular Hbond substituents is 1. The van der Waals surface area contributed by atoms with Crippen LogP contribution >= 0.6 is 67.9 Å². The van der Waals surface area contributed by atoms with Crippen LogP contribution in [0.25, 0.3) is 0 Å². The molecule has 0 atom stereocenters. The van der Waals surface area contributed by atoms with Gasteiger partial charge in [-0.3, -0.25) is 0 Å². The first-order chi connectivity index (χ1) is 8.77. The van der Waals surface area contributed by atoms with E-state index >= 15 is 0 Å². The van der Waals surface area contributed by atoms with Crippen molar-refractivity contribution in [2.75, 3.05) is 29.5 Å². The molecule has 0 saturated carbocycles. The molecule has 2 rings (SSSR count). The molecular formula is C14H21Br4N3O. The largest absolute Gasteiger partial charge is 0.506 e. The van der Waals surface area contributed by atoms with Crippen molar-refractivity contribution in [3.05, 3.63) is 48.5 Å². The van der Waals surface area contributed by atoms with E-state index in [1.165, 1.54) is 0 Å². The number of halogens is 4. The van der Waals surface area contributed by atoms with Gasteiger partial charge in [-0.25, -0.2) is 0 Å². The number of benzene rings is 2. The minimum Gasteiger partial charge on any atom is -0.506 e. The molecule has 4 nitrogen and oxygen atoms in total. The zero-order valence-corrected chi connectivity index (χ0v) is 18.5. The van der Waals surface area contributed by atoms with Crippen molar-refractivity contribution < 1.29 is 5.11 Å². The summed E-state index contributed by atoms with van der Waals surface area (Å²) in [7, 11) is 0. The number of nitrogen functional groups attached to an aromatic ring is 1. The van der Waals surface area contributed by atoms with Gasteiger partial charge in [-0.2, -0.15) is 0 Å². The van der Waals surface area contributed by atoms with Gasteiger partial charge in [0.2, 0.25) is 0 Å². The topological polar surface area (TPSA) is 70.3 Å². The summed E-state index contributed by atoms with van der Waals surface area (Å²) < 4.78 is 0. The summed E-state index contributed by atoms with van der Waals surface area (Å²) in [5.74, 6) is 0.261. The van der Waals surface area contributed by atoms with Crippen LogP contribution in [0, 0.1) is 0 Å². The van der Waals surface area contributed by atoms with Gasteiger partial charge in [-0.15, -0.1) is 67.9 Å². The number of nitrogens with two attached hydrogens (primary N) is 1. The lowest BCUT2D eigenvalue weighted by Crippen LogP contribution is -2.14. The number of aromatic hydroxyl groups is 1. The van der Waals surface area contributed by atoms with Crippen LogP contribution < -0.4 is 16.4 Å². The van der Waals surface area contributed by atoms with Crippen molar-refractivity contribution >= 4 is 85.0 Å². The zero-order chi connectivity index (χ0) is 12.8. The van der Waals surface area contributed by atoms with Gasteiger partial charge in [-0.1, -0.05) is 24.3 Å². The Labute approximate surface area is 173 Å². The Morgan fingerprint density at radius 1 is 0.727 bits per heavy atom. The maximum Gasteiger partial charge on any atom is 0.138 e. The molecule has 2 aromatic rings. The Hall–Kier alpha value is -0.440. The van der Waals surface area contributed by atoms with Crippen LogP contribution in [0.15, 0.2) is 48.5 Å². The molecule has 0 fully saturated rings. The summed E-state index contributed by atoms with van der Waals surface area (Å²) in [4.78, 5) is 0. The molecule has 0 aliphatic rings. The standard InChI is InChI=1S/C14H17N3O.4BrH/c15-11-5-1-2-6-12(11)16-9-10-17-13-7-3-4-8-14(13)18;;;;/h1-8,16-18H,9-10,15H2;4*1H. The van der Waals surface area contributed by atoms with Crippen molar-refractivity contribution in [3.8, 4) is 5.75 Å². The third-order valence-electron chi connectivity index (χ3n) is 2.62. The predicted molar refractivity (Wildman–Crippen MR) is 117 cm³/mol. The van der Waals surface area contributed by atoms with Crippen molar-refractivity contribution in [2.24, 2.45) is 0 Å². The highest BCUT2D eigenvalue weighted by Crippen LogP contribution is 2.21. The minimum atomic E-state index is 0. The number of anilines is 3. The van der Waals surface area contributed by atoms with Crippen LogP contribution in [0.4, 0.5) is 17.1 Å². The fourth-order valence-corrected chi connectivity index (χ4v) is 1.68. The van der Waals surface area contributed by atoms with Crippen LogP contribution in [0.2, 0.25) is 0 Å². The molecule has 0 bridgehead atoms. The van der Waals surface area contributed by atoms with Gasteiger partial charge >= 0.3 is 0 Å². The van der Waals surface area contributed by atoms with E-state index in [1.807, 2.05) is 36.4 Å². The molecule has 0 aliphatic heterocycles. The number of hydrogen-bond donors (Lipinski definition) is 4. The first-order valence-electron chi connectivity index (χ1n) is 5.87. The Balaban J connectivity index is -0.000000902. The molecule has 0 radical (unpaired) electrons. The summed E-state index contributed by atoms with van der Waals surface area (Å²) in [6.45, 7) is 1.43. The summed E-state index contributed by atoms with van der Waals surface area (Å²) >= 11 is 0. The molecule has 2 aromatic carbocycles. The van der Waals surface area contributed by atoms with Crippen LogP contribution in [0.5, 0.6) is 5.75 Å². The van der Waals surface area contributed by atoms with E-state index < -0.39 is 0 Å². The van der Waals surface area contributed by atoms with Gasteiger partial charge in [0, 0.05) is 13.1 Å². The van der Waals surface area contributed by atoms with E-state index in [9.17, 15) is 5.11 Å². The van der Waals surface area contributed by atoms with E-state index in [2.05, 4.69) is 10.6 Å². The van der Waals surface area contributed by atoms with E-state index in [-0.39, 0.29) is 73.7 Å². The van der Waals surface area contributed by atoms with Crippen molar-refractivity contribution in [1.29, 1.82) is 0 Å². The maximum atomic E-state index is 9.57. The zero-order valence-electron chi connectivity index (χ0n) is 11.7. The number of hydrogen-bond acceptors (Lipinski definition) is 4. The first-order valence-corrected chi connectivity index (χ1v) is 5.87. The lowest BCUT2D eigenvalue weighted by Gasteiger charge is -2.11. The maximum absolute atomic E-state index is 9.57. The quantitative estimate of drug-likeness (QED) is 0.238. The fraction of sp³-hybridized carbons (Fsp3) is 0.143. The summed E-state index contributed by atoms with van der Waals surface area (Å²) in [5, 5.41) is 16.0. The number of phenols is 1. The Kier molecular flexibility index (Phi) is 17.0. The van der Waals surface area contributed by atoms with Gasteiger partial charge < -0.3 is 21.5 Å². The average Bonchev–Trinajstić information content (AvgIpc) is 2.38. The highest BCUT2D eigenvalue weighted by molar-refractivity contribution is 8.93. The SMILES string of the molecule is Br.Br.Br.Br.Nc1ccccc1NCCNc1ccccc1O. The summed E-state index contributed by atoms with van der Waals surface area (Å²) in [6, 6.07) is 14.8. The third-order valence-corrected chi connectivity index (χ3v) is 2.62. The van der Waals surface area contributed by atoms with Crippen molar-refractivity contribution in [3.63, 3.8) is 0 Å². The minimum absolute atomic E-state index is 0. The highest BCUT2D eigenvalue weighted by atomic mass is 79.9. The molecule has 0 saturated heterocycles. The van der Waals surface area contributed by atoms with E-state index in [0.717, 1.165) is 23.6 Å². The molecule has 126 valence electrons. The van der Waals surface area contributed by atoms with E-state index in [4.69, 9.17) is 5.73 Å². The predicted octanol–water partition coefficient (Wildman–Crippen LogP) is 4.81. The Morgan fingerprint density at radius 3 is 1.73 bits per heavy atom. The van der Waals surface area contributed by atoms with Crippen LogP contribution in [0.3, 0.4) is 0 Å². The normalized spacial score (nSPS) is 8.18. The summed E-state index contributed by atoms with van der Waals surface area (Å²) in [5.41, 5.74) is 8.22. The third kappa shape index (κ3) is 8.26. The van der Waals surface area contributed by atoms with E-state index in [1.54, 1.807) is 12.1 Å². The van der Waals surface area contributed by atoms with Gasteiger partial charge in [0.1, 0.15) is 5.75 Å².